The molecule has 0 saturated carbocycles. The second-order valence-electron chi connectivity index (χ2n) is 8.94. The number of benzene rings is 2. The van der Waals surface area contributed by atoms with Gasteiger partial charge >= 0.3 is 0 Å². The third-order valence-corrected chi connectivity index (χ3v) is 11.4. The summed E-state index contributed by atoms with van der Waals surface area (Å²) in [6.45, 7) is 4.58. The zero-order chi connectivity index (χ0) is 23.0. The molecule has 0 aliphatic carbocycles. The number of hydrogen-bond donors (Lipinski definition) is 0. The first-order chi connectivity index (χ1) is 16.2. The number of halogens is 1. The molecule has 0 saturated heterocycles. The van der Waals surface area contributed by atoms with E-state index in [1.807, 2.05) is 34.9 Å². The summed E-state index contributed by atoms with van der Waals surface area (Å²) in [7, 11) is 0. The normalized spacial score (nSPS) is 13.5. The summed E-state index contributed by atoms with van der Waals surface area (Å²) < 4.78 is 1.79. The van der Waals surface area contributed by atoms with Gasteiger partial charge in [-0.05, 0) is 78.8 Å². The second-order valence-corrected chi connectivity index (χ2v) is 13.5. The van der Waals surface area contributed by atoms with E-state index in [0.29, 0.717) is 4.58 Å². The van der Waals surface area contributed by atoms with Crippen molar-refractivity contribution in [1.82, 2.24) is 0 Å². The van der Waals surface area contributed by atoms with Crippen molar-refractivity contribution < 1.29 is 0 Å². The maximum atomic E-state index is 3.92. The van der Waals surface area contributed by atoms with Crippen molar-refractivity contribution in [3.05, 3.63) is 69.0 Å². The number of fused-ring (bicyclic) bond motifs is 1. The molecule has 2 heterocycles. The van der Waals surface area contributed by atoms with Gasteiger partial charge in [-0.1, -0.05) is 80.4 Å². The topological polar surface area (TPSA) is 0 Å². The SMILES string of the molecule is CCCCCCc1cc(-c2ccc(C3Sc4ccccc4S3)s2)c(CCCCCC)cc1Br. The van der Waals surface area contributed by atoms with Gasteiger partial charge in [0.2, 0.25) is 0 Å². The lowest BCUT2D eigenvalue weighted by atomic mass is 9.95. The van der Waals surface area contributed by atoms with Gasteiger partial charge in [-0.15, -0.1) is 34.9 Å². The van der Waals surface area contributed by atoms with Crippen LogP contribution in [0, 0.1) is 0 Å². The summed E-state index contributed by atoms with van der Waals surface area (Å²) in [4.78, 5) is 5.78. The summed E-state index contributed by atoms with van der Waals surface area (Å²) in [5.74, 6) is 0. The van der Waals surface area contributed by atoms with Crippen LogP contribution in [-0.4, -0.2) is 0 Å². The summed E-state index contributed by atoms with van der Waals surface area (Å²) in [6, 6.07) is 18.5. The van der Waals surface area contributed by atoms with E-state index in [9.17, 15) is 0 Å². The molecule has 4 heteroatoms. The largest absolute Gasteiger partial charge is 0.138 e. The van der Waals surface area contributed by atoms with E-state index in [1.165, 1.54) is 105 Å². The zero-order valence-electron chi connectivity index (χ0n) is 19.9. The molecule has 0 fully saturated rings. The fourth-order valence-electron chi connectivity index (χ4n) is 4.41. The van der Waals surface area contributed by atoms with Crippen LogP contribution in [0.3, 0.4) is 0 Å². The molecule has 33 heavy (non-hydrogen) atoms. The highest BCUT2D eigenvalue weighted by Gasteiger charge is 2.26. The van der Waals surface area contributed by atoms with Gasteiger partial charge in [0.15, 0.2) is 0 Å². The summed E-state index contributed by atoms with van der Waals surface area (Å²) >= 11 is 9.94. The molecule has 4 rings (SSSR count). The smallest absolute Gasteiger partial charge is 0.0938 e. The highest BCUT2D eigenvalue weighted by atomic mass is 79.9. The molecule has 0 bridgehead atoms. The molecule has 0 nitrogen and oxygen atoms in total. The van der Waals surface area contributed by atoms with Crippen LogP contribution in [0.1, 0.15) is 85.8 Å². The average Bonchev–Trinajstić information content (AvgIpc) is 3.48. The molecule has 176 valence electrons. The molecule has 3 aromatic rings. The molecule has 1 aliphatic heterocycles. The van der Waals surface area contributed by atoms with Crippen molar-refractivity contribution in [2.45, 2.75) is 92.4 Å². The van der Waals surface area contributed by atoms with Crippen LogP contribution in [0.25, 0.3) is 10.4 Å². The Hall–Kier alpha value is -0.680. The third kappa shape index (κ3) is 6.72. The number of rotatable bonds is 12. The van der Waals surface area contributed by atoms with E-state index in [4.69, 9.17) is 0 Å². The number of thioether (sulfide) groups is 2. The minimum absolute atomic E-state index is 0.484. The van der Waals surface area contributed by atoms with Gasteiger partial charge in [-0.3, -0.25) is 0 Å². The van der Waals surface area contributed by atoms with E-state index in [2.05, 4.69) is 78.3 Å². The van der Waals surface area contributed by atoms with Gasteiger partial charge in [0.25, 0.3) is 0 Å². The third-order valence-electron chi connectivity index (χ3n) is 6.31. The highest BCUT2D eigenvalue weighted by Crippen LogP contribution is 2.58. The zero-order valence-corrected chi connectivity index (χ0v) is 23.9. The Morgan fingerprint density at radius 2 is 1.36 bits per heavy atom. The Labute approximate surface area is 221 Å². The minimum atomic E-state index is 0.484. The second kappa shape index (κ2) is 12.9. The van der Waals surface area contributed by atoms with E-state index in [1.54, 1.807) is 0 Å². The Morgan fingerprint density at radius 3 is 2.00 bits per heavy atom. The van der Waals surface area contributed by atoms with Gasteiger partial charge in [0.05, 0.1) is 4.58 Å². The van der Waals surface area contributed by atoms with Crippen molar-refractivity contribution in [2.24, 2.45) is 0 Å². The van der Waals surface area contributed by atoms with Gasteiger partial charge in [0.1, 0.15) is 0 Å². The first kappa shape index (κ1) is 25.4. The Bertz CT molecular complexity index is 1010. The van der Waals surface area contributed by atoms with Crippen LogP contribution in [0.4, 0.5) is 0 Å². The minimum Gasteiger partial charge on any atom is -0.138 e. The van der Waals surface area contributed by atoms with E-state index < -0.39 is 0 Å². The molecule has 0 spiro atoms. The van der Waals surface area contributed by atoms with Gasteiger partial charge in [0, 0.05) is 24.0 Å². The van der Waals surface area contributed by atoms with Crippen LogP contribution in [0.15, 0.2) is 62.8 Å². The quantitative estimate of drug-likeness (QED) is 0.202. The molecule has 1 aliphatic rings. The molecule has 0 atom stereocenters. The van der Waals surface area contributed by atoms with Crippen molar-refractivity contribution in [3.8, 4) is 10.4 Å². The van der Waals surface area contributed by atoms with Crippen LogP contribution < -0.4 is 0 Å². The molecular formula is C29H35BrS3. The molecule has 2 aromatic carbocycles. The summed E-state index contributed by atoms with van der Waals surface area (Å²) in [5, 5.41) is 0. The summed E-state index contributed by atoms with van der Waals surface area (Å²) in [6.07, 6.45) is 12.8. The predicted molar refractivity (Wildman–Crippen MR) is 154 cm³/mol. The van der Waals surface area contributed by atoms with Crippen LogP contribution in [0.5, 0.6) is 0 Å². The molecule has 0 N–H and O–H groups in total. The first-order valence-corrected chi connectivity index (χ1v) is 15.9. The Kier molecular flexibility index (Phi) is 9.90. The molecule has 0 unspecified atom stereocenters. The predicted octanol–water partition coefficient (Wildman–Crippen LogP) is 11.3. The fraction of sp³-hybridized carbons (Fsp3) is 0.448. The lowest BCUT2D eigenvalue weighted by Crippen LogP contribution is -1.95. The maximum absolute atomic E-state index is 3.92. The maximum Gasteiger partial charge on any atom is 0.0938 e. The van der Waals surface area contributed by atoms with Crippen LogP contribution in [0.2, 0.25) is 0 Å². The Balaban J connectivity index is 1.56. The number of thiophene rings is 1. The van der Waals surface area contributed by atoms with E-state index in [0.717, 1.165) is 0 Å². The van der Waals surface area contributed by atoms with Crippen LogP contribution >= 0.6 is 50.8 Å². The molecule has 0 radical (unpaired) electrons. The lowest BCUT2D eigenvalue weighted by Gasteiger charge is -2.14. The number of hydrogen-bond acceptors (Lipinski definition) is 3. The van der Waals surface area contributed by atoms with Gasteiger partial charge in [-0.2, -0.15) is 0 Å². The van der Waals surface area contributed by atoms with Crippen molar-refractivity contribution in [2.75, 3.05) is 0 Å². The molecule has 1 aromatic heterocycles. The standard InChI is InChI=1S/C29H35BrS3/c1-3-5-7-9-13-21-20-24(30)22(14-10-8-6-4-2)19-23(21)25-17-18-28(31-25)29-32-26-15-11-12-16-27(26)33-29/h11-12,15-20,29H,3-10,13-14H2,1-2H3. The fourth-order valence-corrected chi connectivity index (χ4v) is 9.14. The molecular weight excluding hydrogens is 524 g/mol. The first-order valence-electron chi connectivity index (χ1n) is 12.5. The van der Waals surface area contributed by atoms with Crippen molar-refractivity contribution in [3.63, 3.8) is 0 Å². The number of unbranched alkanes of at least 4 members (excludes halogenated alkanes) is 6. The summed E-state index contributed by atoms with van der Waals surface area (Å²) in [5.41, 5.74) is 4.46. The lowest BCUT2D eigenvalue weighted by molar-refractivity contribution is 0.663. The van der Waals surface area contributed by atoms with Gasteiger partial charge < -0.3 is 0 Å². The van der Waals surface area contributed by atoms with Crippen molar-refractivity contribution >= 4 is 50.8 Å². The van der Waals surface area contributed by atoms with Crippen LogP contribution in [-0.2, 0) is 12.8 Å². The van der Waals surface area contributed by atoms with E-state index >= 15 is 0 Å². The monoisotopic (exact) mass is 558 g/mol. The van der Waals surface area contributed by atoms with Gasteiger partial charge in [-0.25, -0.2) is 0 Å². The highest BCUT2D eigenvalue weighted by molar-refractivity contribution is 9.10. The van der Waals surface area contributed by atoms with Crippen molar-refractivity contribution in [1.29, 1.82) is 0 Å². The average molecular weight is 560 g/mol. The van der Waals surface area contributed by atoms with E-state index in [-0.39, 0.29) is 0 Å². The molecule has 0 amide bonds. The Morgan fingerprint density at radius 1 is 0.727 bits per heavy atom. The number of aryl methyl sites for hydroxylation is 2.